The molecule has 2 heteroatoms. The molecule has 0 aromatic heterocycles. The fraction of sp³-hybridized carbons (Fsp3) is 0.286. The summed E-state index contributed by atoms with van der Waals surface area (Å²) in [5.41, 5.74) is 4.16. The summed E-state index contributed by atoms with van der Waals surface area (Å²) < 4.78 is 5.60. The van der Waals surface area contributed by atoms with Crippen molar-refractivity contribution in [2.24, 2.45) is 0 Å². The van der Waals surface area contributed by atoms with E-state index in [1.165, 1.54) is 5.56 Å². The highest BCUT2D eigenvalue weighted by Gasteiger charge is 2.41. The second-order valence-electron chi connectivity index (χ2n) is 5.88. The van der Waals surface area contributed by atoms with Crippen molar-refractivity contribution in [3.8, 4) is 0 Å². The molecular formula is C21H24O2. The van der Waals surface area contributed by atoms with Crippen LogP contribution in [0.25, 0.3) is 11.1 Å². The van der Waals surface area contributed by atoms with E-state index >= 15 is 0 Å². The van der Waals surface area contributed by atoms with Crippen molar-refractivity contribution in [1.29, 1.82) is 0 Å². The Bertz CT molecular complexity index is 707. The van der Waals surface area contributed by atoms with Crippen LogP contribution in [0.1, 0.15) is 44.4 Å². The Morgan fingerprint density at radius 1 is 0.826 bits per heavy atom. The number of carbonyl (C=O) groups is 1. The first-order valence-electron chi connectivity index (χ1n) is 8.09. The molecule has 23 heavy (non-hydrogen) atoms. The summed E-state index contributed by atoms with van der Waals surface area (Å²) >= 11 is 0. The van der Waals surface area contributed by atoms with E-state index in [9.17, 15) is 4.79 Å². The van der Waals surface area contributed by atoms with E-state index in [2.05, 4.69) is 31.2 Å². The maximum atomic E-state index is 12.4. The van der Waals surface area contributed by atoms with Gasteiger partial charge in [-0.1, -0.05) is 74.0 Å². The number of hydrogen-bond donors (Lipinski definition) is 0. The van der Waals surface area contributed by atoms with Crippen LogP contribution in [0.3, 0.4) is 0 Å². The third-order valence-corrected chi connectivity index (χ3v) is 3.81. The number of aryl methyl sites for hydroxylation is 1. The molecule has 0 radical (unpaired) electrons. The van der Waals surface area contributed by atoms with Gasteiger partial charge in [0, 0.05) is 5.57 Å². The van der Waals surface area contributed by atoms with E-state index in [1.54, 1.807) is 0 Å². The van der Waals surface area contributed by atoms with E-state index < -0.39 is 5.60 Å². The molecule has 0 fully saturated rings. The Kier molecular flexibility index (Phi) is 5.05. The number of esters is 1. The van der Waals surface area contributed by atoms with E-state index in [4.69, 9.17) is 4.74 Å². The topological polar surface area (TPSA) is 26.3 Å². The molecule has 0 atom stereocenters. The van der Waals surface area contributed by atoms with Crippen LogP contribution in [0.5, 0.6) is 0 Å². The first kappa shape index (κ1) is 17.0. The van der Waals surface area contributed by atoms with Gasteiger partial charge in [-0.3, -0.25) is 0 Å². The van der Waals surface area contributed by atoms with Crippen LogP contribution in [0.4, 0.5) is 0 Å². The molecule has 0 unspecified atom stereocenters. The molecule has 0 saturated carbocycles. The average molecular weight is 308 g/mol. The van der Waals surface area contributed by atoms with Gasteiger partial charge in [0.25, 0.3) is 0 Å². The predicted octanol–water partition coefficient (Wildman–Crippen LogP) is 5.27. The molecule has 3 rings (SSSR count). The van der Waals surface area contributed by atoms with Crippen LogP contribution >= 0.6 is 0 Å². The molecule has 1 aliphatic heterocycles. The van der Waals surface area contributed by atoms with Crippen molar-refractivity contribution >= 4 is 17.1 Å². The smallest absolute Gasteiger partial charge is 0.340 e. The highest BCUT2D eigenvalue weighted by molar-refractivity contribution is 6.28. The average Bonchev–Trinajstić information content (AvgIpc) is 2.80. The monoisotopic (exact) mass is 308 g/mol. The molecule has 0 aliphatic carbocycles. The number of hydrogen-bond acceptors (Lipinski definition) is 2. The van der Waals surface area contributed by atoms with E-state index in [0.29, 0.717) is 5.57 Å². The number of ether oxygens (including phenoxy) is 1. The third-order valence-electron chi connectivity index (χ3n) is 3.81. The van der Waals surface area contributed by atoms with Gasteiger partial charge in [-0.05, 0) is 31.9 Å². The van der Waals surface area contributed by atoms with Gasteiger partial charge >= 0.3 is 5.97 Å². The van der Waals surface area contributed by atoms with Gasteiger partial charge in [-0.2, -0.15) is 0 Å². The van der Waals surface area contributed by atoms with Gasteiger partial charge in [-0.25, -0.2) is 4.79 Å². The zero-order valence-electron chi connectivity index (χ0n) is 14.5. The lowest BCUT2D eigenvalue weighted by molar-refractivity contribution is -0.141. The second kappa shape index (κ2) is 6.82. The van der Waals surface area contributed by atoms with Crippen molar-refractivity contribution in [1.82, 2.24) is 0 Å². The molecule has 2 aromatic rings. The van der Waals surface area contributed by atoms with E-state index in [0.717, 1.165) is 16.7 Å². The minimum absolute atomic E-state index is 0.248. The Hall–Kier alpha value is -2.35. The molecule has 0 bridgehead atoms. The van der Waals surface area contributed by atoms with E-state index in [1.807, 2.05) is 58.0 Å². The van der Waals surface area contributed by atoms with Crippen LogP contribution in [0, 0.1) is 6.92 Å². The van der Waals surface area contributed by atoms with Crippen LogP contribution in [-0.4, -0.2) is 11.6 Å². The maximum absolute atomic E-state index is 12.4. The van der Waals surface area contributed by atoms with Gasteiger partial charge in [0.2, 0.25) is 0 Å². The van der Waals surface area contributed by atoms with Crippen molar-refractivity contribution in [2.45, 2.75) is 40.2 Å². The molecule has 1 heterocycles. The largest absolute Gasteiger partial charge is 0.451 e. The quantitative estimate of drug-likeness (QED) is 0.707. The van der Waals surface area contributed by atoms with Gasteiger partial charge in [0.1, 0.15) is 5.60 Å². The molecule has 1 aliphatic rings. The minimum atomic E-state index is -0.614. The van der Waals surface area contributed by atoms with Crippen molar-refractivity contribution in [3.63, 3.8) is 0 Å². The summed E-state index contributed by atoms with van der Waals surface area (Å²) in [4.78, 5) is 12.4. The Balaban J connectivity index is 0.000000924. The molecule has 2 nitrogen and oxygen atoms in total. The van der Waals surface area contributed by atoms with Crippen LogP contribution in [0.15, 0.2) is 54.6 Å². The van der Waals surface area contributed by atoms with Gasteiger partial charge in [-0.15, -0.1) is 0 Å². The predicted molar refractivity (Wildman–Crippen MR) is 96.0 cm³/mol. The molecule has 2 aromatic carbocycles. The van der Waals surface area contributed by atoms with Gasteiger partial charge in [0.15, 0.2) is 0 Å². The SMILES string of the molecule is CC.Cc1ccc(C2=C(c3ccccc3)C(=O)OC2(C)C)cc1. The van der Waals surface area contributed by atoms with Gasteiger partial charge in [0.05, 0.1) is 5.57 Å². The lowest BCUT2D eigenvalue weighted by atomic mass is 9.86. The summed E-state index contributed by atoms with van der Waals surface area (Å²) in [6.07, 6.45) is 0. The highest BCUT2D eigenvalue weighted by atomic mass is 16.6. The fourth-order valence-corrected chi connectivity index (χ4v) is 2.82. The Morgan fingerprint density at radius 2 is 1.39 bits per heavy atom. The van der Waals surface area contributed by atoms with Crippen molar-refractivity contribution in [3.05, 3.63) is 71.3 Å². The summed E-state index contributed by atoms with van der Waals surface area (Å²) in [5, 5.41) is 0. The summed E-state index contributed by atoms with van der Waals surface area (Å²) in [6, 6.07) is 17.9. The summed E-state index contributed by atoms with van der Waals surface area (Å²) in [5.74, 6) is -0.248. The Morgan fingerprint density at radius 3 is 1.96 bits per heavy atom. The second-order valence-corrected chi connectivity index (χ2v) is 5.88. The molecule has 120 valence electrons. The molecule has 0 N–H and O–H groups in total. The third kappa shape index (κ3) is 3.37. The summed E-state index contributed by atoms with van der Waals surface area (Å²) in [6.45, 7) is 9.93. The first-order chi connectivity index (χ1) is 11.0. The maximum Gasteiger partial charge on any atom is 0.340 e. The lowest BCUT2D eigenvalue weighted by Crippen LogP contribution is -2.22. The zero-order chi connectivity index (χ0) is 17.0. The fourth-order valence-electron chi connectivity index (χ4n) is 2.82. The first-order valence-corrected chi connectivity index (χ1v) is 8.09. The van der Waals surface area contributed by atoms with Crippen LogP contribution < -0.4 is 0 Å². The Labute approximate surface area is 138 Å². The lowest BCUT2D eigenvalue weighted by Gasteiger charge is -2.21. The molecule has 0 amide bonds. The normalized spacial score (nSPS) is 15.8. The number of rotatable bonds is 2. The number of cyclic esters (lactones) is 1. The number of carbonyl (C=O) groups excluding carboxylic acids is 1. The van der Waals surface area contributed by atoms with Crippen molar-refractivity contribution in [2.75, 3.05) is 0 Å². The minimum Gasteiger partial charge on any atom is -0.451 e. The van der Waals surface area contributed by atoms with E-state index in [-0.39, 0.29) is 5.97 Å². The zero-order valence-corrected chi connectivity index (χ0v) is 14.5. The highest BCUT2D eigenvalue weighted by Crippen LogP contribution is 2.43. The molecule has 0 spiro atoms. The standard InChI is InChI=1S/C19H18O2.C2H6/c1-13-9-11-15(12-10-13)17-16(14-7-5-4-6-8-14)18(20)21-19(17,2)3;1-2/h4-12H,1-3H3;1-2H3. The molecular weight excluding hydrogens is 284 g/mol. The van der Waals surface area contributed by atoms with Gasteiger partial charge < -0.3 is 4.74 Å². The number of benzene rings is 2. The molecule has 0 saturated heterocycles. The van der Waals surface area contributed by atoms with Crippen LogP contribution in [-0.2, 0) is 9.53 Å². The summed E-state index contributed by atoms with van der Waals surface area (Å²) in [7, 11) is 0. The van der Waals surface area contributed by atoms with Crippen LogP contribution in [0.2, 0.25) is 0 Å². The van der Waals surface area contributed by atoms with Crippen molar-refractivity contribution < 1.29 is 9.53 Å².